The van der Waals surface area contributed by atoms with Crippen molar-refractivity contribution in [1.82, 2.24) is 0 Å². The number of hydrogen-bond acceptors (Lipinski definition) is 3. The van der Waals surface area contributed by atoms with Gasteiger partial charge in [0, 0.05) is 11.6 Å². The molecule has 0 unspecified atom stereocenters. The van der Waals surface area contributed by atoms with E-state index in [0.717, 1.165) is 22.8 Å². The molecule has 3 N–H and O–H groups in total. The van der Waals surface area contributed by atoms with Crippen LogP contribution in [0.15, 0.2) is 30.3 Å². The van der Waals surface area contributed by atoms with Gasteiger partial charge in [0.1, 0.15) is 5.75 Å². The van der Waals surface area contributed by atoms with E-state index < -0.39 is 0 Å². The largest absolute Gasteiger partial charge is 0.508 e. The molecule has 0 spiro atoms. The van der Waals surface area contributed by atoms with E-state index in [-0.39, 0.29) is 17.2 Å². The van der Waals surface area contributed by atoms with Crippen LogP contribution in [0.3, 0.4) is 0 Å². The minimum atomic E-state index is -0.319. The lowest BCUT2D eigenvalue weighted by molar-refractivity contribution is 0.398. The third-order valence-corrected chi connectivity index (χ3v) is 2.76. The Morgan fingerprint density at radius 2 is 1.53 bits per heavy atom. The Balaban J connectivity index is 2.72. The van der Waals surface area contributed by atoms with Gasteiger partial charge in [-0.25, -0.2) is 0 Å². The molecule has 0 aliphatic rings. The second kappa shape index (κ2) is 4.01. The first-order chi connectivity index (χ1) is 7.99. The van der Waals surface area contributed by atoms with Crippen LogP contribution >= 0.6 is 0 Å². The molecule has 17 heavy (non-hydrogen) atoms. The van der Waals surface area contributed by atoms with E-state index >= 15 is 0 Å². The molecule has 3 heteroatoms. The van der Waals surface area contributed by atoms with Gasteiger partial charge in [-0.15, -0.1) is 0 Å². The monoisotopic (exact) mass is 230 g/mol. The van der Waals surface area contributed by atoms with Gasteiger partial charge in [0.25, 0.3) is 0 Å². The number of phenolic OH excluding ortho intramolecular Hbond substituents is 3. The first-order valence-corrected chi connectivity index (χ1v) is 5.31. The molecule has 0 radical (unpaired) electrons. The lowest BCUT2D eigenvalue weighted by Gasteiger charge is -2.11. The van der Waals surface area contributed by atoms with Crippen LogP contribution < -0.4 is 0 Å². The summed E-state index contributed by atoms with van der Waals surface area (Å²) >= 11 is 0. The average Bonchev–Trinajstić information content (AvgIpc) is 2.27. The molecule has 2 rings (SSSR count). The summed E-state index contributed by atoms with van der Waals surface area (Å²) in [5.41, 5.74) is 3.25. The zero-order valence-electron chi connectivity index (χ0n) is 9.73. The Morgan fingerprint density at radius 1 is 0.824 bits per heavy atom. The summed E-state index contributed by atoms with van der Waals surface area (Å²) in [6.45, 7) is 3.86. The summed E-state index contributed by atoms with van der Waals surface area (Å²) in [6, 6.07) is 8.37. The van der Waals surface area contributed by atoms with Crippen molar-refractivity contribution in [2.45, 2.75) is 13.8 Å². The minimum absolute atomic E-state index is 0.0730. The fourth-order valence-electron chi connectivity index (χ4n) is 1.84. The second-order valence-corrected chi connectivity index (χ2v) is 4.18. The summed E-state index contributed by atoms with van der Waals surface area (Å²) in [7, 11) is 0. The Morgan fingerprint density at radius 3 is 2.24 bits per heavy atom. The highest BCUT2D eigenvalue weighted by molar-refractivity contribution is 5.77. The SMILES string of the molecule is Cc1ccc(C)c(-c2cc(O)cc(O)c2O)c1. The van der Waals surface area contributed by atoms with E-state index in [1.54, 1.807) is 0 Å². The Bertz CT molecular complexity index is 574. The van der Waals surface area contributed by atoms with E-state index in [1.807, 2.05) is 32.0 Å². The van der Waals surface area contributed by atoms with E-state index in [2.05, 4.69) is 0 Å². The van der Waals surface area contributed by atoms with Gasteiger partial charge in [0.05, 0.1) is 0 Å². The quantitative estimate of drug-likeness (QED) is 0.521. The fourth-order valence-corrected chi connectivity index (χ4v) is 1.84. The number of phenols is 3. The molecular weight excluding hydrogens is 216 g/mol. The van der Waals surface area contributed by atoms with E-state index in [1.165, 1.54) is 6.07 Å². The lowest BCUT2D eigenvalue weighted by atomic mass is 9.97. The Kier molecular flexibility index (Phi) is 2.68. The molecule has 0 saturated heterocycles. The molecule has 0 amide bonds. The van der Waals surface area contributed by atoms with Crippen LogP contribution in [0.1, 0.15) is 11.1 Å². The molecular formula is C14H14O3. The summed E-state index contributed by atoms with van der Waals surface area (Å²) in [5.74, 6) is -0.603. The maximum absolute atomic E-state index is 9.83. The molecule has 0 saturated carbocycles. The van der Waals surface area contributed by atoms with Crippen molar-refractivity contribution in [1.29, 1.82) is 0 Å². The highest BCUT2D eigenvalue weighted by Gasteiger charge is 2.12. The molecule has 0 atom stereocenters. The first-order valence-electron chi connectivity index (χ1n) is 5.31. The topological polar surface area (TPSA) is 60.7 Å². The van der Waals surface area contributed by atoms with Crippen molar-refractivity contribution in [2.24, 2.45) is 0 Å². The van der Waals surface area contributed by atoms with Gasteiger partial charge in [-0.2, -0.15) is 0 Å². The van der Waals surface area contributed by atoms with Gasteiger partial charge >= 0.3 is 0 Å². The van der Waals surface area contributed by atoms with E-state index in [4.69, 9.17) is 0 Å². The van der Waals surface area contributed by atoms with Crippen molar-refractivity contribution >= 4 is 0 Å². The minimum Gasteiger partial charge on any atom is -0.508 e. The zero-order valence-corrected chi connectivity index (χ0v) is 9.73. The van der Waals surface area contributed by atoms with Gasteiger partial charge in [-0.3, -0.25) is 0 Å². The zero-order chi connectivity index (χ0) is 12.6. The van der Waals surface area contributed by atoms with Gasteiger partial charge in [-0.1, -0.05) is 23.8 Å². The van der Waals surface area contributed by atoms with Crippen LogP contribution in [0.2, 0.25) is 0 Å². The summed E-state index contributed by atoms with van der Waals surface area (Å²) < 4.78 is 0. The average molecular weight is 230 g/mol. The smallest absolute Gasteiger partial charge is 0.165 e. The first kappa shape index (κ1) is 11.3. The van der Waals surface area contributed by atoms with Crippen molar-refractivity contribution in [3.05, 3.63) is 41.5 Å². The Hall–Kier alpha value is -2.16. The molecule has 0 aliphatic carbocycles. The molecule has 0 heterocycles. The van der Waals surface area contributed by atoms with Gasteiger partial charge in [0.2, 0.25) is 0 Å². The van der Waals surface area contributed by atoms with Crippen LogP contribution in [0, 0.1) is 13.8 Å². The van der Waals surface area contributed by atoms with Crippen LogP contribution in [0.25, 0.3) is 11.1 Å². The van der Waals surface area contributed by atoms with Crippen molar-refractivity contribution in [3.63, 3.8) is 0 Å². The van der Waals surface area contributed by atoms with Crippen molar-refractivity contribution in [2.75, 3.05) is 0 Å². The summed E-state index contributed by atoms with van der Waals surface area (Å²) in [5, 5.41) is 28.8. The highest BCUT2D eigenvalue weighted by Crippen LogP contribution is 2.40. The third-order valence-electron chi connectivity index (χ3n) is 2.76. The third kappa shape index (κ3) is 2.04. The van der Waals surface area contributed by atoms with Crippen LogP contribution in [0.4, 0.5) is 0 Å². The number of aryl methyl sites for hydroxylation is 2. The molecule has 2 aromatic carbocycles. The molecule has 2 aromatic rings. The predicted molar refractivity (Wildman–Crippen MR) is 66.3 cm³/mol. The van der Waals surface area contributed by atoms with E-state index in [0.29, 0.717) is 5.56 Å². The van der Waals surface area contributed by atoms with E-state index in [9.17, 15) is 15.3 Å². The molecule has 0 aliphatic heterocycles. The van der Waals surface area contributed by atoms with Crippen LogP contribution in [0.5, 0.6) is 17.2 Å². The second-order valence-electron chi connectivity index (χ2n) is 4.18. The van der Waals surface area contributed by atoms with Gasteiger partial charge in [0.15, 0.2) is 11.5 Å². The molecule has 0 aromatic heterocycles. The number of aromatic hydroxyl groups is 3. The van der Waals surface area contributed by atoms with Crippen LogP contribution in [-0.4, -0.2) is 15.3 Å². The lowest BCUT2D eigenvalue weighted by Crippen LogP contribution is -1.86. The van der Waals surface area contributed by atoms with Crippen LogP contribution in [-0.2, 0) is 0 Å². The molecule has 0 fully saturated rings. The van der Waals surface area contributed by atoms with Gasteiger partial charge in [-0.05, 0) is 31.0 Å². The molecule has 88 valence electrons. The van der Waals surface area contributed by atoms with Crippen molar-refractivity contribution in [3.8, 4) is 28.4 Å². The maximum Gasteiger partial charge on any atom is 0.165 e. The number of rotatable bonds is 1. The molecule has 3 nitrogen and oxygen atoms in total. The normalized spacial score (nSPS) is 10.5. The summed E-state index contributed by atoms with van der Waals surface area (Å²) in [4.78, 5) is 0. The Labute approximate surface area is 99.6 Å². The summed E-state index contributed by atoms with van der Waals surface area (Å²) in [6.07, 6.45) is 0. The number of benzene rings is 2. The van der Waals surface area contributed by atoms with Crippen molar-refractivity contribution < 1.29 is 15.3 Å². The maximum atomic E-state index is 9.83. The standard InChI is InChI=1S/C14H14O3/c1-8-3-4-9(2)11(5-8)12-6-10(15)7-13(16)14(12)17/h3-7,15-17H,1-2H3. The number of hydrogen-bond donors (Lipinski definition) is 3. The highest BCUT2D eigenvalue weighted by atomic mass is 16.3. The molecule has 0 bridgehead atoms. The fraction of sp³-hybridized carbons (Fsp3) is 0.143. The predicted octanol–water partition coefficient (Wildman–Crippen LogP) is 3.09. The van der Waals surface area contributed by atoms with Gasteiger partial charge < -0.3 is 15.3 Å².